The highest BCUT2D eigenvalue weighted by atomic mass is 32.2. The van der Waals surface area contributed by atoms with E-state index < -0.39 is 0 Å². The molecule has 0 aliphatic heterocycles. The van der Waals surface area contributed by atoms with Crippen LogP contribution in [0.25, 0.3) is 0 Å². The maximum absolute atomic E-state index is 11.9. The first kappa shape index (κ1) is 15.6. The fourth-order valence-corrected chi connectivity index (χ4v) is 2.27. The van der Waals surface area contributed by atoms with Crippen molar-refractivity contribution in [2.75, 3.05) is 19.4 Å². The van der Waals surface area contributed by atoms with Crippen molar-refractivity contribution in [3.05, 3.63) is 48.0 Å². The highest BCUT2D eigenvalue weighted by molar-refractivity contribution is 7.98. The van der Waals surface area contributed by atoms with Crippen LogP contribution in [-0.4, -0.2) is 35.4 Å². The van der Waals surface area contributed by atoms with Crippen LogP contribution in [0.3, 0.4) is 0 Å². The Morgan fingerprint density at radius 1 is 1.43 bits per heavy atom. The van der Waals surface area contributed by atoms with E-state index in [9.17, 15) is 9.90 Å². The highest BCUT2D eigenvalue weighted by Gasteiger charge is 2.14. The van der Waals surface area contributed by atoms with Gasteiger partial charge in [0.2, 0.25) is 0 Å². The number of hydrogen-bond acceptors (Lipinski definition) is 5. The van der Waals surface area contributed by atoms with Crippen LogP contribution in [0, 0.1) is 5.92 Å². The second-order valence-electron chi connectivity index (χ2n) is 4.61. The number of carbonyl (C=O) groups is 1. The number of aliphatic hydroxyl groups excluding tert-OH is 1. The van der Waals surface area contributed by atoms with E-state index in [4.69, 9.17) is 4.42 Å². The Bertz CT molecular complexity index is 571. The summed E-state index contributed by atoms with van der Waals surface area (Å²) in [4.78, 5) is 16.2. The quantitative estimate of drug-likeness (QED) is 0.765. The third kappa shape index (κ3) is 4.61. The van der Waals surface area contributed by atoms with Gasteiger partial charge >= 0.3 is 0 Å². The fraction of sp³-hybridized carbons (Fsp3) is 0.333. The van der Waals surface area contributed by atoms with Gasteiger partial charge in [0.05, 0.1) is 0 Å². The normalized spacial score (nSPS) is 12.1. The Kier molecular flexibility index (Phi) is 5.83. The molecule has 2 heterocycles. The van der Waals surface area contributed by atoms with E-state index in [0.717, 1.165) is 5.69 Å². The highest BCUT2D eigenvalue weighted by Crippen LogP contribution is 2.17. The van der Waals surface area contributed by atoms with Gasteiger partial charge in [-0.25, -0.2) is 0 Å². The molecule has 5 nitrogen and oxygen atoms in total. The topological polar surface area (TPSA) is 75.4 Å². The molecule has 0 bridgehead atoms. The van der Waals surface area contributed by atoms with E-state index in [1.54, 1.807) is 18.3 Å². The Hall–Kier alpha value is -1.79. The lowest BCUT2D eigenvalue weighted by molar-refractivity contribution is 0.0907. The molecule has 1 atom stereocenters. The summed E-state index contributed by atoms with van der Waals surface area (Å²) in [7, 11) is 0. The van der Waals surface area contributed by atoms with E-state index in [0.29, 0.717) is 18.1 Å². The first-order chi connectivity index (χ1) is 10.2. The van der Waals surface area contributed by atoms with E-state index in [-0.39, 0.29) is 24.2 Å². The molecule has 0 aliphatic rings. The Balaban J connectivity index is 1.86. The smallest absolute Gasteiger partial charge is 0.287 e. The number of aliphatic hydroxyl groups is 1. The van der Waals surface area contributed by atoms with Gasteiger partial charge in [-0.2, -0.15) is 0 Å². The summed E-state index contributed by atoms with van der Waals surface area (Å²) < 4.78 is 5.35. The van der Waals surface area contributed by atoms with Crippen LogP contribution >= 0.6 is 11.8 Å². The average molecular weight is 306 g/mol. The van der Waals surface area contributed by atoms with Gasteiger partial charge < -0.3 is 14.8 Å². The fourth-order valence-electron chi connectivity index (χ4n) is 1.89. The van der Waals surface area contributed by atoms with Gasteiger partial charge in [0.25, 0.3) is 5.91 Å². The molecule has 1 amide bonds. The molecular formula is C15H18N2O3S. The number of nitrogens with zero attached hydrogens (tertiary/aromatic N) is 1. The number of pyridine rings is 1. The maximum Gasteiger partial charge on any atom is 0.287 e. The number of furan rings is 1. The van der Waals surface area contributed by atoms with Crippen molar-refractivity contribution in [3.63, 3.8) is 0 Å². The van der Waals surface area contributed by atoms with Crippen molar-refractivity contribution in [2.45, 2.75) is 11.5 Å². The molecular weight excluding hydrogens is 288 g/mol. The molecule has 0 fully saturated rings. The predicted octanol–water partition coefficient (Wildman–Crippen LogP) is 1.98. The summed E-state index contributed by atoms with van der Waals surface area (Å²) in [6.45, 7) is 0.367. The second-order valence-corrected chi connectivity index (χ2v) is 5.42. The molecule has 21 heavy (non-hydrogen) atoms. The van der Waals surface area contributed by atoms with Gasteiger partial charge in [0.1, 0.15) is 0 Å². The number of nitrogens with one attached hydrogen (secondary N) is 1. The molecule has 2 aromatic heterocycles. The minimum Gasteiger partial charge on any atom is -0.445 e. The van der Waals surface area contributed by atoms with Gasteiger partial charge in [-0.15, -0.1) is 0 Å². The standard InChI is InChI=1S/C15H18N2O3S/c1-21-14-6-5-13(20-14)15(19)17-9-11(10-18)8-12-4-2-3-7-16-12/h2-7,11,18H,8-10H2,1H3,(H,17,19). The first-order valence-electron chi connectivity index (χ1n) is 6.65. The van der Waals surface area contributed by atoms with Crippen molar-refractivity contribution in [1.29, 1.82) is 0 Å². The maximum atomic E-state index is 11.9. The van der Waals surface area contributed by atoms with E-state index in [1.807, 2.05) is 24.5 Å². The minimum atomic E-state index is -0.269. The molecule has 2 aromatic rings. The summed E-state index contributed by atoms with van der Waals surface area (Å²) in [6, 6.07) is 9.06. The molecule has 0 spiro atoms. The Morgan fingerprint density at radius 2 is 2.29 bits per heavy atom. The van der Waals surface area contributed by atoms with Crippen LogP contribution in [0.4, 0.5) is 0 Å². The monoisotopic (exact) mass is 306 g/mol. The molecule has 2 rings (SSSR count). The first-order valence-corrected chi connectivity index (χ1v) is 7.88. The van der Waals surface area contributed by atoms with E-state index in [2.05, 4.69) is 10.3 Å². The number of aromatic nitrogens is 1. The molecule has 0 radical (unpaired) electrons. The van der Waals surface area contributed by atoms with Crippen LogP contribution in [-0.2, 0) is 6.42 Å². The predicted molar refractivity (Wildman–Crippen MR) is 81.3 cm³/mol. The molecule has 1 unspecified atom stereocenters. The zero-order valence-electron chi connectivity index (χ0n) is 11.8. The summed E-state index contributed by atoms with van der Waals surface area (Å²) in [6.07, 6.45) is 4.22. The van der Waals surface area contributed by atoms with Crippen LogP contribution in [0.2, 0.25) is 0 Å². The SMILES string of the molecule is CSc1ccc(C(=O)NCC(CO)Cc2ccccn2)o1. The van der Waals surface area contributed by atoms with Crippen molar-refractivity contribution >= 4 is 17.7 Å². The number of hydrogen-bond donors (Lipinski definition) is 2. The average Bonchev–Trinajstić information content (AvgIpc) is 3.01. The van der Waals surface area contributed by atoms with E-state index in [1.165, 1.54) is 11.8 Å². The zero-order valence-corrected chi connectivity index (χ0v) is 12.6. The number of rotatable bonds is 7. The Labute approximate surface area is 127 Å². The summed E-state index contributed by atoms with van der Waals surface area (Å²) in [5.41, 5.74) is 0.897. The van der Waals surface area contributed by atoms with Crippen molar-refractivity contribution in [2.24, 2.45) is 5.92 Å². The summed E-state index contributed by atoms with van der Waals surface area (Å²) in [5, 5.41) is 12.9. The van der Waals surface area contributed by atoms with Gasteiger partial charge in [0, 0.05) is 31.0 Å². The third-order valence-electron chi connectivity index (χ3n) is 3.04. The van der Waals surface area contributed by atoms with Crippen LogP contribution in [0.5, 0.6) is 0 Å². The van der Waals surface area contributed by atoms with Gasteiger partial charge in [-0.1, -0.05) is 17.8 Å². The largest absolute Gasteiger partial charge is 0.445 e. The summed E-state index contributed by atoms with van der Waals surface area (Å²) in [5.74, 6) is -0.0533. The number of thioether (sulfide) groups is 1. The lowest BCUT2D eigenvalue weighted by atomic mass is 10.0. The number of amides is 1. The number of carbonyl (C=O) groups excluding carboxylic acids is 1. The van der Waals surface area contributed by atoms with Crippen LogP contribution in [0.1, 0.15) is 16.2 Å². The second kappa shape index (κ2) is 7.85. The van der Waals surface area contributed by atoms with Crippen molar-refractivity contribution < 1.29 is 14.3 Å². The third-order valence-corrected chi connectivity index (χ3v) is 3.66. The molecule has 112 valence electrons. The van der Waals surface area contributed by atoms with Crippen LogP contribution < -0.4 is 5.32 Å². The molecule has 0 saturated heterocycles. The van der Waals surface area contributed by atoms with Gasteiger partial charge in [-0.05, 0) is 36.9 Å². The van der Waals surface area contributed by atoms with Gasteiger partial charge in [0.15, 0.2) is 10.9 Å². The van der Waals surface area contributed by atoms with Crippen LogP contribution in [0.15, 0.2) is 46.0 Å². The Morgan fingerprint density at radius 3 is 2.90 bits per heavy atom. The molecule has 0 aliphatic carbocycles. The van der Waals surface area contributed by atoms with Crippen molar-refractivity contribution in [1.82, 2.24) is 10.3 Å². The molecule has 6 heteroatoms. The minimum absolute atomic E-state index is 0.00886. The zero-order chi connectivity index (χ0) is 15.1. The lowest BCUT2D eigenvalue weighted by Crippen LogP contribution is -2.31. The lowest BCUT2D eigenvalue weighted by Gasteiger charge is -2.14. The van der Waals surface area contributed by atoms with Crippen molar-refractivity contribution in [3.8, 4) is 0 Å². The molecule has 2 N–H and O–H groups in total. The van der Waals surface area contributed by atoms with E-state index >= 15 is 0 Å². The molecule has 0 aromatic carbocycles. The molecule has 0 saturated carbocycles. The van der Waals surface area contributed by atoms with Gasteiger partial charge in [-0.3, -0.25) is 9.78 Å². The summed E-state index contributed by atoms with van der Waals surface area (Å²) >= 11 is 1.44.